The number of halogens is 4. The highest BCUT2D eigenvalue weighted by molar-refractivity contribution is 14.1. The van der Waals surface area contributed by atoms with Crippen molar-refractivity contribution in [3.63, 3.8) is 0 Å². The molecule has 15 heavy (non-hydrogen) atoms. The number of carbonyl (C=O) groups excluding carboxylic acids is 1. The average Bonchev–Trinajstić information content (AvgIpc) is 2.14. The van der Waals surface area contributed by atoms with Crippen molar-refractivity contribution < 1.29 is 9.53 Å². The van der Waals surface area contributed by atoms with Crippen LogP contribution in [0.4, 0.5) is 0 Å². The molecule has 0 fully saturated rings. The van der Waals surface area contributed by atoms with Gasteiger partial charge in [-0.15, -0.1) is 0 Å². The van der Waals surface area contributed by atoms with E-state index in [-0.39, 0.29) is 6.61 Å². The van der Waals surface area contributed by atoms with E-state index in [1.165, 1.54) is 0 Å². The lowest BCUT2D eigenvalue weighted by Crippen LogP contribution is -2.17. The summed E-state index contributed by atoms with van der Waals surface area (Å²) in [6.07, 6.45) is 0. The van der Waals surface area contributed by atoms with Crippen molar-refractivity contribution in [2.45, 2.75) is 3.79 Å². The molecule has 0 saturated heterocycles. The number of benzene rings is 1. The van der Waals surface area contributed by atoms with Gasteiger partial charge in [0.2, 0.25) is 3.79 Å². The lowest BCUT2D eigenvalue weighted by Gasteiger charge is -2.11. The second-order valence-electron chi connectivity index (χ2n) is 2.67. The van der Waals surface area contributed by atoms with Crippen molar-refractivity contribution in [2.75, 3.05) is 6.61 Å². The first kappa shape index (κ1) is 13.4. The number of alkyl halides is 3. The van der Waals surface area contributed by atoms with Crippen LogP contribution in [0.15, 0.2) is 24.3 Å². The van der Waals surface area contributed by atoms with Crippen LogP contribution in [0.1, 0.15) is 10.4 Å². The lowest BCUT2D eigenvalue weighted by molar-refractivity contribution is 0.0511. The third-order valence-electron chi connectivity index (χ3n) is 1.46. The predicted octanol–water partition coefficient (Wildman–Crippen LogP) is 3.82. The van der Waals surface area contributed by atoms with Gasteiger partial charge in [-0.25, -0.2) is 4.79 Å². The van der Waals surface area contributed by atoms with Crippen molar-refractivity contribution in [3.8, 4) is 0 Å². The summed E-state index contributed by atoms with van der Waals surface area (Å²) < 4.78 is 4.06. The fourth-order valence-corrected chi connectivity index (χ4v) is 1.62. The molecule has 0 saturated carbocycles. The van der Waals surface area contributed by atoms with Crippen molar-refractivity contribution in [2.24, 2.45) is 0 Å². The molecule has 0 amide bonds. The van der Waals surface area contributed by atoms with E-state index in [0.717, 1.165) is 3.57 Å². The van der Waals surface area contributed by atoms with E-state index in [1.807, 2.05) is 28.7 Å². The summed E-state index contributed by atoms with van der Waals surface area (Å²) in [6, 6.07) is 7.02. The molecule has 1 aromatic rings. The van der Waals surface area contributed by atoms with E-state index in [4.69, 9.17) is 39.5 Å². The molecule has 0 radical (unpaired) electrons. The zero-order chi connectivity index (χ0) is 11.5. The van der Waals surface area contributed by atoms with E-state index < -0.39 is 9.76 Å². The maximum Gasteiger partial charge on any atom is 0.339 e. The Hall–Kier alpha value is 0.290. The highest BCUT2D eigenvalue weighted by Gasteiger charge is 2.23. The van der Waals surface area contributed by atoms with Crippen LogP contribution in [-0.4, -0.2) is 16.4 Å². The third-order valence-corrected chi connectivity index (χ3v) is 2.73. The number of esters is 1. The van der Waals surface area contributed by atoms with E-state index in [9.17, 15) is 4.79 Å². The molecular weight excluding hydrogens is 373 g/mol. The van der Waals surface area contributed by atoms with Crippen molar-refractivity contribution in [1.82, 2.24) is 0 Å². The van der Waals surface area contributed by atoms with E-state index in [2.05, 4.69) is 0 Å². The van der Waals surface area contributed by atoms with E-state index in [1.54, 1.807) is 18.2 Å². The van der Waals surface area contributed by atoms with Gasteiger partial charge in [-0.2, -0.15) is 0 Å². The topological polar surface area (TPSA) is 26.3 Å². The van der Waals surface area contributed by atoms with E-state index >= 15 is 0 Å². The molecule has 1 rings (SSSR count). The fourth-order valence-electron chi connectivity index (χ4n) is 0.852. The van der Waals surface area contributed by atoms with Crippen LogP contribution in [0.2, 0.25) is 0 Å². The molecule has 0 bridgehead atoms. The smallest absolute Gasteiger partial charge is 0.339 e. The Balaban J connectivity index is 2.66. The minimum absolute atomic E-state index is 0.262. The molecule has 0 N–H and O–H groups in total. The quantitative estimate of drug-likeness (QED) is 0.444. The SMILES string of the molecule is O=C(OCC(Cl)(Cl)Cl)c1ccccc1I. The molecule has 1 aromatic carbocycles. The van der Waals surface area contributed by atoms with Gasteiger partial charge in [0.25, 0.3) is 0 Å². The maximum atomic E-state index is 11.5. The maximum absolute atomic E-state index is 11.5. The first-order valence-corrected chi connectivity index (χ1v) is 6.10. The molecule has 0 aliphatic carbocycles. The number of carbonyl (C=O) groups is 1. The van der Waals surface area contributed by atoms with Gasteiger partial charge in [-0.3, -0.25) is 0 Å². The number of hydrogen-bond donors (Lipinski definition) is 0. The Morgan fingerprint density at radius 3 is 2.47 bits per heavy atom. The summed E-state index contributed by atoms with van der Waals surface area (Å²) in [5, 5.41) is 0. The van der Waals surface area contributed by atoms with Crippen LogP contribution >= 0.6 is 57.4 Å². The van der Waals surface area contributed by atoms with Crippen LogP contribution in [0, 0.1) is 3.57 Å². The largest absolute Gasteiger partial charge is 0.458 e. The second kappa shape index (κ2) is 5.57. The summed E-state index contributed by atoms with van der Waals surface area (Å²) in [4.78, 5) is 11.5. The minimum atomic E-state index is -1.57. The zero-order valence-electron chi connectivity index (χ0n) is 7.34. The number of ether oxygens (including phenoxy) is 1. The third kappa shape index (κ3) is 4.76. The lowest BCUT2D eigenvalue weighted by atomic mass is 10.2. The minimum Gasteiger partial charge on any atom is -0.458 e. The van der Waals surface area contributed by atoms with Gasteiger partial charge in [0, 0.05) is 3.57 Å². The van der Waals surface area contributed by atoms with Gasteiger partial charge in [0.15, 0.2) is 0 Å². The summed E-state index contributed by atoms with van der Waals surface area (Å²) in [7, 11) is 0. The Morgan fingerprint density at radius 1 is 1.33 bits per heavy atom. The normalized spacial score (nSPS) is 11.2. The predicted molar refractivity (Wildman–Crippen MR) is 69.7 cm³/mol. The Morgan fingerprint density at radius 2 is 1.93 bits per heavy atom. The Kier molecular flexibility index (Phi) is 4.96. The molecule has 82 valence electrons. The summed E-state index contributed by atoms with van der Waals surface area (Å²) in [5.41, 5.74) is 0.465. The van der Waals surface area contributed by atoms with Crippen molar-refractivity contribution in [1.29, 1.82) is 0 Å². The number of rotatable bonds is 2. The molecule has 6 heteroatoms. The van der Waals surface area contributed by atoms with Crippen molar-refractivity contribution >= 4 is 63.4 Å². The summed E-state index contributed by atoms with van der Waals surface area (Å²) in [5.74, 6) is -0.494. The van der Waals surface area contributed by atoms with Gasteiger partial charge in [-0.1, -0.05) is 46.9 Å². The Bertz CT molecular complexity index is 363. The zero-order valence-corrected chi connectivity index (χ0v) is 11.8. The van der Waals surface area contributed by atoms with E-state index in [0.29, 0.717) is 5.56 Å². The second-order valence-corrected chi connectivity index (χ2v) is 6.35. The molecule has 0 unspecified atom stereocenters. The van der Waals surface area contributed by atoms with Gasteiger partial charge in [-0.05, 0) is 34.7 Å². The Labute approximate surface area is 116 Å². The molecule has 2 nitrogen and oxygen atoms in total. The number of hydrogen-bond acceptors (Lipinski definition) is 2. The molecule has 0 aromatic heterocycles. The molecule has 0 aliphatic heterocycles. The molecule has 0 spiro atoms. The highest BCUT2D eigenvalue weighted by atomic mass is 127. The standard InChI is InChI=1S/C9H6Cl3IO2/c10-9(11,12)5-15-8(14)6-3-1-2-4-7(6)13/h1-4H,5H2. The van der Waals surface area contributed by atoms with Gasteiger partial charge in [0.05, 0.1) is 5.56 Å². The summed E-state index contributed by atoms with van der Waals surface area (Å²) in [6.45, 7) is -0.262. The van der Waals surface area contributed by atoms with Gasteiger partial charge >= 0.3 is 5.97 Å². The summed E-state index contributed by atoms with van der Waals surface area (Å²) >= 11 is 18.4. The first-order chi connectivity index (χ1) is 6.90. The van der Waals surface area contributed by atoms with Gasteiger partial charge in [0.1, 0.15) is 6.61 Å². The van der Waals surface area contributed by atoms with Crippen LogP contribution in [0.5, 0.6) is 0 Å². The monoisotopic (exact) mass is 378 g/mol. The molecule has 0 atom stereocenters. The van der Waals surface area contributed by atoms with Crippen LogP contribution in [-0.2, 0) is 4.74 Å². The van der Waals surface area contributed by atoms with Crippen LogP contribution < -0.4 is 0 Å². The fraction of sp³-hybridized carbons (Fsp3) is 0.222. The first-order valence-electron chi connectivity index (χ1n) is 3.88. The highest BCUT2D eigenvalue weighted by Crippen LogP contribution is 2.26. The average molecular weight is 379 g/mol. The van der Waals surface area contributed by atoms with Crippen LogP contribution in [0.25, 0.3) is 0 Å². The van der Waals surface area contributed by atoms with Crippen LogP contribution in [0.3, 0.4) is 0 Å². The van der Waals surface area contributed by atoms with Crippen molar-refractivity contribution in [3.05, 3.63) is 33.4 Å². The molecule has 0 aliphatic rings. The molecule has 0 heterocycles. The molecular formula is C9H6Cl3IO2. The van der Waals surface area contributed by atoms with Gasteiger partial charge < -0.3 is 4.74 Å².